The van der Waals surface area contributed by atoms with Crippen LogP contribution in [0.2, 0.25) is 0 Å². The van der Waals surface area contributed by atoms with E-state index in [1.807, 2.05) is 23.9 Å². The fourth-order valence-corrected chi connectivity index (χ4v) is 5.15. The Morgan fingerprint density at radius 1 is 1.10 bits per heavy atom. The van der Waals surface area contributed by atoms with Gasteiger partial charge in [0.1, 0.15) is 0 Å². The van der Waals surface area contributed by atoms with Gasteiger partial charge >= 0.3 is 0 Å². The van der Waals surface area contributed by atoms with Crippen LogP contribution in [0.3, 0.4) is 0 Å². The Labute approximate surface area is 142 Å². The van der Waals surface area contributed by atoms with Gasteiger partial charge in [-0.1, -0.05) is 70.0 Å². The second-order valence-corrected chi connectivity index (χ2v) is 7.76. The molecule has 3 heteroatoms. The van der Waals surface area contributed by atoms with Gasteiger partial charge in [-0.2, -0.15) is 0 Å². The largest absolute Gasteiger partial charge is 0.117 e. The maximum atomic E-state index is 6.13. The van der Waals surface area contributed by atoms with Crippen molar-refractivity contribution in [2.75, 3.05) is 0 Å². The third kappa shape index (κ3) is 2.40. The molecule has 0 saturated carbocycles. The Morgan fingerprint density at radius 3 is 2.81 bits per heavy atom. The zero-order chi connectivity index (χ0) is 14.4. The quantitative estimate of drug-likeness (QED) is 0.558. The molecule has 0 bridgehead atoms. The Bertz CT molecular complexity index is 779. The number of benzene rings is 2. The van der Waals surface area contributed by atoms with Crippen LogP contribution in [-0.4, -0.2) is 5.25 Å². The van der Waals surface area contributed by atoms with Crippen LogP contribution >= 0.6 is 39.3 Å². The van der Waals surface area contributed by atoms with E-state index in [0.29, 0.717) is 11.2 Å². The second kappa shape index (κ2) is 5.35. The number of rotatable bonds is 1. The minimum atomic E-state index is 0.437. The second-order valence-electron chi connectivity index (χ2n) is 5.25. The molecule has 104 valence electrons. The maximum Gasteiger partial charge on any atom is 0.0395 e. The molecule has 0 radical (unpaired) electrons. The number of allylic oxidation sites excluding steroid dienone is 3. The van der Waals surface area contributed by atoms with Crippen LogP contribution in [0.5, 0.6) is 0 Å². The average Bonchev–Trinajstić information content (AvgIpc) is 2.84. The van der Waals surface area contributed by atoms with Crippen molar-refractivity contribution in [2.45, 2.75) is 16.1 Å². The van der Waals surface area contributed by atoms with Gasteiger partial charge in [0.05, 0.1) is 0 Å². The fourth-order valence-electron chi connectivity index (χ4n) is 2.93. The van der Waals surface area contributed by atoms with E-state index in [1.165, 1.54) is 21.6 Å². The highest BCUT2D eigenvalue weighted by Gasteiger charge is 2.32. The van der Waals surface area contributed by atoms with Gasteiger partial charge in [-0.3, -0.25) is 0 Å². The first-order valence-electron chi connectivity index (χ1n) is 6.83. The minimum Gasteiger partial charge on any atom is -0.117 e. The van der Waals surface area contributed by atoms with Crippen LogP contribution in [0.4, 0.5) is 0 Å². The molecule has 0 nitrogen and oxygen atoms in total. The van der Waals surface area contributed by atoms with Gasteiger partial charge in [0.25, 0.3) is 0 Å². The molecule has 0 aromatic heterocycles. The summed E-state index contributed by atoms with van der Waals surface area (Å²) in [6.07, 6.45) is 6.40. The molecular weight excluding hydrogens is 364 g/mol. The topological polar surface area (TPSA) is 0 Å². The molecule has 0 N–H and O–H groups in total. The first-order valence-corrected chi connectivity index (χ1v) is 8.88. The molecule has 0 amide bonds. The predicted molar refractivity (Wildman–Crippen MR) is 95.0 cm³/mol. The van der Waals surface area contributed by atoms with Crippen molar-refractivity contribution in [2.24, 2.45) is 0 Å². The highest BCUT2D eigenvalue weighted by atomic mass is 79.9. The predicted octanol–water partition coefficient (Wildman–Crippen LogP) is 6.37. The summed E-state index contributed by atoms with van der Waals surface area (Å²) in [6, 6.07) is 15.1. The Kier molecular flexibility index (Phi) is 3.49. The molecule has 0 fully saturated rings. The van der Waals surface area contributed by atoms with E-state index in [9.17, 15) is 0 Å². The summed E-state index contributed by atoms with van der Waals surface area (Å²) >= 11 is 11.7. The highest BCUT2D eigenvalue weighted by molar-refractivity contribution is 9.10. The fraction of sp³-hybridized carbons (Fsp3) is 0.111. The highest BCUT2D eigenvalue weighted by Crippen LogP contribution is 2.50. The Morgan fingerprint density at radius 2 is 1.95 bits per heavy atom. The number of hydrogen-bond donors (Lipinski definition) is 0. The first-order chi connectivity index (χ1) is 10.2. The molecule has 0 spiro atoms. The molecule has 2 aromatic carbocycles. The molecule has 2 aromatic rings. The molecule has 2 aliphatic rings. The van der Waals surface area contributed by atoms with Crippen molar-refractivity contribution in [3.8, 4) is 11.1 Å². The zero-order valence-electron chi connectivity index (χ0n) is 11.1. The molecule has 4 rings (SSSR count). The van der Waals surface area contributed by atoms with E-state index in [0.717, 1.165) is 9.51 Å². The number of fused-ring (bicyclic) bond motifs is 3. The van der Waals surface area contributed by atoms with Crippen molar-refractivity contribution in [1.82, 2.24) is 0 Å². The SMILES string of the molecule is ClC1=CC2Sc3cc(-c4ccccc4Br)ccc3C2C=C1. The maximum absolute atomic E-state index is 6.13. The lowest BCUT2D eigenvalue weighted by Crippen LogP contribution is -2.07. The number of thioether (sulfide) groups is 1. The van der Waals surface area contributed by atoms with Crippen molar-refractivity contribution in [3.05, 3.63) is 75.8 Å². The third-order valence-corrected chi connectivity index (χ3v) is 6.21. The zero-order valence-corrected chi connectivity index (χ0v) is 14.3. The van der Waals surface area contributed by atoms with Gasteiger partial charge in [-0.25, -0.2) is 0 Å². The summed E-state index contributed by atoms with van der Waals surface area (Å²) < 4.78 is 1.13. The summed E-state index contributed by atoms with van der Waals surface area (Å²) in [7, 11) is 0. The van der Waals surface area contributed by atoms with Crippen LogP contribution < -0.4 is 0 Å². The summed E-state index contributed by atoms with van der Waals surface area (Å²) in [5, 5.41) is 1.29. The lowest BCUT2D eigenvalue weighted by molar-refractivity contribution is 0.879. The monoisotopic (exact) mass is 374 g/mol. The average molecular weight is 376 g/mol. The molecular formula is C18H12BrClS. The third-order valence-electron chi connectivity index (χ3n) is 3.96. The van der Waals surface area contributed by atoms with Crippen LogP contribution in [0, 0.1) is 0 Å². The molecule has 1 aliphatic heterocycles. The molecule has 2 unspecified atom stereocenters. The summed E-state index contributed by atoms with van der Waals surface area (Å²) in [4.78, 5) is 1.37. The van der Waals surface area contributed by atoms with Crippen LogP contribution in [0.25, 0.3) is 11.1 Å². The van der Waals surface area contributed by atoms with Crippen molar-refractivity contribution < 1.29 is 0 Å². The molecule has 2 atom stereocenters. The van der Waals surface area contributed by atoms with Gasteiger partial charge in [-0.05, 0) is 34.9 Å². The lowest BCUT2D eigenvalue weighted by Gasteiger charge is -2.16. The van der Waals surface area contributed by atoms with Crippen molar-refractivity contribution >= 4 is 39.3 Å². The van der Waals surface area contributed by atoms with Gasteiger partial charge in [-0.15, -0.1) is 11.8 Å². The Hall–Kier alpha value is -0.960. The molecule has 1 aliphatic carbocycles. The van der Waals surface area contributed by atoms with Gasteiger partial charge in [0, 0.05) is 25.6 Å². The lowest BCUT2D eigenvalue weighted by atomic mass is 9.91. The summed E-state index contributed by atoms with van der Waals surface area (Å²) in [5.74, 6) is 0.459. The minimum absolute atomic E-state index is 0.437. The Balaban J connectivity index is 1.77. The molecule has 21 heavy (non-hydrogen) atoms. The van der Waals surface area contributed by atoms with E-state index < -0.39 is 0 Å². The van der Waals surface area contributed by atoms with Crippen LogP contribution in [-0.2, 0) is 0 Å². The van der Waals surface area contributed by atoms with Gasteiger partial charge in [0.2, 0.25) is 0 Å². The normalized spacial score (nSPS) is 22.7. The summed E-state index contributed by atoms with van der Waals surface area (Å²) in [6.45, 7) is 0. The van der Waals surface area contributed by atoms with Gasteiger partial charge in [0.15, 0.2) is 0 Å². The number of halogens is 2. The molecule has 1 heterocycles. The standard InChI is InChI=1S/C18H12BrClS/c19-16-4-2-1-3-13(16)11-5-7-14-15-8-6-12(20)10-18(15)21-17(14)9-11/h1-10,15,18H. The summed E-state index contributed by atoms with van der Waals surface area (Å²) in [5.41, 5.74) is 3.91. The van der Waals surface area contributed by atoms with E-state index in [2.05, 4.69) is 64.5 Å². The van der Waals surface area contributed by atoms with E-state index >= 15 is 0 Å². The van der Waals surface area contributed by atoms with E-state index in [1.54, 1.807) is 0 Å². The molecule has 0 saturated heterocycles. The number of hydrogen-bond acceptors (Lipinski definition) is 1. The van der Waals surface area contributed by atoms with Crippen molar-refractivity contribution in [3.63, 3.8) is 0 Å². The van der Waals surface area contributed by atoms with Crippen molar-refractivity contribution in [1.29, 1.82) is 0 Å². The smallest absolute Gasteiger partial charge is 0.0395 e. The first kappa shape index (κ1) is 13.7. The van der Waals surface area contributed by atoms with Crippen LogP contribution in [0.15, 0.2) is 75.1 Å². The van der Waals surface area contributed by atoms with Crippen LogP contribution in [0.1, 0.15) is 11.5 Å². The van der Waals surface area contributed by atoms with Gasteiger partial charge < -0.3 is 0 Å². The van der Waals surface area contributed by atoms with E-state index in [-0.39, 0.29) is 0 Å². The van der Waals surface area contributed by atoms with E-state index in [4.69, 9.17) is 11.6 Å².